The normalized spacial score (nSPS) is 16.8. The van der Waals surface area contributed by atoms with Gasteiger partial charge >= 0.3 is 0 Å². The van der Waals surface area contributed by atoms with Crippen molar-refractivity contribution in [3.63, 3.8) is 0 Å². The summed E-state index contributed by atoms with van der Waals surface area (Å²) in [6, 6.07) is 0. The molecule has 1 fully saturated rings. The first-order valence-corrected chi connectivity index (χ1v) is 10.7. The number of hydrogen-bond donors (Lipinski definition) is 0. The summed E-state index contributed by atoms with van der Waals surface area (Å²) in [4.78, 5) is 38.2. The molecule has 1 saturated heterocycles. The molecule has 0 aromatic rings. The van der Waals surface area contributed by atoms with Crippen LogP contribution in [-0.2, 0) is 28.6 Å². The van der Waals surface area contributed by atoms with Crippen LogP contribution in [0.15, 0.2) is 0 Å². The number of amides is 3. The van der Waals surface area contributed by atoms with Gasteiger partial charge in [-0.25, -0.2) is 0 Å². The van der Waals surface area contributed by atoms with Crippen LogP contribution in [0.4, 0.5) is 0 Å². The van der Waals surface area contributed by atoms with E-state index in [1.54, 1.807) is 18.8 Å². The van der Waals surface area contributed by atoms with E-state index in [1.165, 1.54) is 9.80 Å². The van der Waals surface area contributed by atoms with Gasteiger partial charge in [0, 0.05) is 20.0 Å². The Morgan fingerprint density at radius 2 is 1.75 bits per heavy atom. The van der Waals surface area contributed by atoms with Crippen molar-refractivity contribution in [1.29, 1.82) is 0 Å². The van der Waals surface area contributed by atoms with Crippen molar-refractivity contribution in [2.24, 2.45) is 0 Å². The first kappa shape index (κ1) is 24.9. The smallest absolute Gasteiger partial charge is 0.242 e. The van der Waals surface area contributed by atoms with Crippen molar-refractivity contribution in [2.75, 3.05) is 65.5 Å². The fourth-order valence-corrected chi connectivity index (χ4v) is 3.51. The molecule has 10 heteroatoms. The lowest BCUT2D eigenvalue weighted by molar-refractivity contribution is -0.139. The molecule has 1 heterocycles. The SMILES string of the molecule is [B]CC(=O)N(C)CCOCCOCCOCCN1C(=O)CC(SCCC)C1=O. The third-order valence-electron chi connectivity index (χ3n) is 4.10. The first-order chi connectivity index (χ1) is 13.5. The minimum atomic E-state index is -0.232. The van der Waals surface area contributed by atoms with Crippen LogP contribution >= 0.6 is 11.8 Å². The number of nitrogens with zero attached hydrogens (tertiary/aromatic N) is 2. The third kappa shape index (κ3) is 9.40. The van der Waals surface area contributed by atoms with E-state index in [4.69, 9.17) is 22.1 Å². The summed E-state index contributed by atoms with van der Waals surface area (Å²) >= 11 is 1.55. The lowest BCUT2D eigenvalue weighted by Crippen LogP contribution is -2.34. The zero-order valence-corrected chi connectivity index (χ0v) is 17.7. The Morgan fingerprint density at radius 3 is 2.36 bits per heavy atom. The second-order valence-corrected chi connectivity index (χ2v) is 7.61. The summed E-state index contributed by atoms with van der Waals surface area (Å²) in [5.74, 6) is 0.552. The fraction of sp³-hybridized carbons (Fsp3) is 0.833. The van der Waals surface area contributed by atoms with Gasteiger partial charge in [0.1, 0.15) is 0 Å². The van der Waals surface area contributed by atoms with Gasteiger partial charge in [0.05, 0.1) is 59.3 Å². The molecule has 0 spiro atoms. The van der Waals surface area contributed by atoms with E-state index >= 15 is 0 Å². The number of imide groups is 1. The molecule has 0 aliphatic carbocycles. The van der Waals surface area contributed by atoms with Gasteiger partial charge in [-0.1, -0.05) is 6.92 Å². The van der Waals surface area contributed by atoms with Gasteiger partial charge in [0.2, 0.25) is 17.7 Å². The fourth-order valence-electron chi connectivity index (χ4n) is 2.46. The Morgan fingerprint density at radius 1 is 1.14 bits per heavy atom. The van der Waals surface area contributed by atoms with Crippen molar-refractivity contribution in [1.82, 2.24) is 9.80 Å². The predicted molar refractivity (Wildman–Crippen MR) is 109 cm³/mol. The number of likely N-dealkylation sites (tertiary alicyclic amines) is 1. The van der Waals surface area contributed by atoms with E-state index in [0.29, 0.717) is 59.2 Å². The highest BCUT2D eigenvalue weighted by Gasteiger charge is 2.38. The lowest BCUT2D eigenvalue weighted by atomic mass is 10.0. The van der Waals surface area contributed by atoms with E-state index in [9.17, 15) is 14.4 Å². The number of thioether (sulfide) groups is 1. The van der Waals surface area contributed by atoms with E-state index in [1.807, 2.05) is 0 Å². The average molecular weight is 414 g/mol. The molecule has 1 atom stereocenters. The van der Waals surface area contributed by atoms with Gasteiger partial charge in [-0.05, 0) is 18.5 Å². The number of ether oxygens (including phenoxy) is 3. The van der Waals surface area contributed by atoms with Gasteiger partial charge in [-0.15, -0.1) is 11.8 Å². The van der Waals surface area contributed by atoms with Gasteiger partial charge < -0.3 is 19.1 Å². The maximum absolute atomic E-state index is 12.2. The van der Waals surface area contributed by atoms with Crippen LogP contribution in [0.1, 0.15) is 19.8 Å². The second kappa shape index (κ2) is 14.8. The lowest BCUT2D eigenvalue weighted by Gasteiger charge is -2.16. The van der Waals surface area contributed by atoms with Crippen molar-refractivity contribution < 1.29 is 28.6 Å². The summed E-state index contributed by atoms with van der Waals surface area (Å²) < 4.78 is 16.2. The summed E-state index contributed by atoms with van der Waals surface area (Å²) in [5, 5.41) is -0.232. The Bertz CT molecular complexity index is 497. The molecule has 1 rings (SSSR count). The number of rotatable bonds is 16. The molecule has 0 aromatic heterocycles. The molecule has 1 aliphatic heterocycles. The zero-order chi connectivity index (χ0) is 20.8. The number of carbonyl (C=O) groups is 3. The number of carbonyl (C=O) groups excluding carboxylic acids is 3. The summed E-state index contributed by atoms with van der Waals surface area (Å²) in [6.45, 7) is 5.23. The molecule has 1 unspecified atom stereocenters. The molecular weight excluding hydrogens is 383 g/mol. The van der Waals surface area contributed by atoms with Crippen LogP contribution in [0.3, 0.4) is 0 Å². The molecule has 3 amide bonds. The third-order valence-corrected chi connectivity index (χ3v) is 5.51. The van der Waals surface area contributed by atoms with Crippen molar-refractivity contribution in [2.45, 2.75) is 31.3 Å². The molecular formula is C18H31BN2O6S. The standard InChI is InChI=1S/C18H31BN2O6S/c1-3-12-28-15-13-16(22)21(18(15)24)5-7-26-9-11-27-10-8-25-6-4-20(2)17(23)14-19/h15H,3-14H2,1-2H3. The summed E-state index contributed by atoms with van der Waals surface area (Å²) in [7, 11) is 6.95. The summed E-state index contributed by atoms with van der Waals surface area (Å²) in [6.07, 6.45) is 1.28. The highest BCUT2D eigenvalue weighted by molar-refractivity contribution is 8.00. The van der Waals surface area contributed by atoms with Gasteiger partial charge in [-0.2, -0.15) is 0 Å². The Kier molecular flexibility index (Phi) is 13.2. The quantitative estimate of drug-likeness (QED) is 0.205. The number of likely N-dealkylation sites (N-methyl/N-ethyl adjacent to an activating group) is 1. The minimum absolute atomic E-state index is 0.00189. The van der Waals surface area contributed by atoms with E-state index < -0.39 is 0 Å². The Balaban J connectivity index is 1.96. The highest BCUT2D eigenvalue weighted by Crippen LogP contribution is 2.25. The Hall–Kier alpha value is -1.10. The van der Waals surface area contributed by atoms with E-state index in [0.717, 1.165) is 12.2 Å². The van der Waals surface area contributed by atoms with Crippen molar-refractivity contribution >= 4 is 37.3 Å². The maximum Gasteiger partial charge on any atom is 0.242 e. The van der Waals surface area contributed by atoms with Crippen LogP contribution in [0, 0.1) is 0 Å². The summed E-state index contributed by atoms with van der Waals surface area (Å²) in [5.41, 5.74) is 0. The van der Waals surface area contributed by atoms with Crippen LogP contribution < -0.4 is 0 Å². The topological polar surface area (TPSA) is 85.4 Å². The first-order valence-electron chi connectivity index (χ1n) is 9.64. The monoisotopic (exact) mass is 414 g/mol. The van der Waals surface area contributed by atoms with Crippen LogP contribution in [0.25, 0.3) is 0 Å². The van der Waals surface area contributed by atoms with Gasteiger partial charge in [-0.3, -0.25) is 19.3 Å². The zero-order valence-electron chi connectivity index (χ0n) is 16.9. The Labute approximate surface area is 173 Å². The number of hydrogen-bond acceptors (Lipinski definition) is 7. The largest absolute Gasteiger partial charge is 0.377 e. The molecule has 0 N–H and O–H groups in total. The van der Waals surface area contributed by atoms with Crippen molar-refractivity contribution in [3.05, 3.63) is 0 Å². The molecule has 0 saturated carbocycles. The van der Waals surface area contributed by atoms with Crippen LogP contribution in [0.5, 0.6) is 0 Å². The average Bonchev–Trinajstić information content (AvgIpc) is 2.96. The van der Waals surface area contributed by atoms with Crippen LogP contribution in [-0.4, -0.2) is 106 Å². The van der Waals surface area contributed by atoms with Gasteiger partial charge in [0.25, 0.3) is 0 Å². The molecule has 0 bridgehead atoms. The maximum atomic E-state index is 12.2. The highest BCUT2D eigenvalue weighted by atomic mass is 32.2. The van der Waals surface area contributed by atoms with E-state index in [2.05, 4.69) is 6.92 Å². The predicted octanol–water partition coefficient (Wildman–Crippen LogP) is 0.352. The second-order valence-electron chi connectivity index (χ2n) is 6.30. The molecule has 28 heavy (non-hydrogen) atoms. The van der Waals surface area contributed by atoms with E-state index in [-0.39, 0.29) is 29.3 Å². The molecule has 158 valence electrons. The molecule has 0 aromatic carbocycles. The minimum Gasteiger partial charge on any atom is -0.377 e. The molecule has 1 aliphatic rings. The molecule has 2 radical (unpaired) electrons. The van der Waals surface area contributed by atoms with Crippen LogP contribution in [0.2, 0.25) is 6.32 Å². The van der Waals surface area contributed by atoms with Crippen molar-refractivity contribution in [3.8, 4) is 0 Å². The molecule has 8 nitrogen and oxygen atoms in total. The van der Waals surface area contributed by atoms with Gasteiger partial charge in [0.15, 0.2) is 0 Å².